The molecule has 2 rings (SSSR count). The molecule has 0 aliphatic rings. The van der Waals surface area contributed by atoms with E-state index >= 15 is 0 Å². The third-order valence-corrected chi connectivity index (χ3v) is 4.00. The van der Waals surface area contributed by atoms with Gasteiger partial charge in [0.05, 0.1) is 18.8 Å². The fourth-order valence-corrected chi connectivity index (χ4v) is 2.72. The zero-order valence-electron chi connectivity index (χ0n) is 14.7. The average Bonchev–Trinajstić information content (AvgIpc) is 2.62. The summed E-state index contributed by atoms with van der Waals surface area (Å²) in [5, 5.41) is 5.87. The summed E-state index contributed by atoms with van der Waals surface area (Å²) in [4.78, 5) is 12.6. The Morgan fingerprint density at radius 3 is 2.50 bits per heavy atom. The maximum Gasteiger partial charge on any atom is 0.261 e. The predicted octanol–water partition coefficient (Wildman–Crippen LogP) is 4.76. The van der Waals surface area contributed by atoms with Crippen LogP contribution in [0, 0.1) is 0 Å². The van der Waals surface area contributed by atoms with Crippen molar-refractivity contribution in [2.24, 2.45) is 0 Å². The van der Waals surface area contributed by atoms with Crippen LogP contribution in [-0.4, -0.2) is 24.2 Å². The molecule has 5 nitrogen and oxygen atoms in total. The fraction of sp³-hybridized carbons (Fsp3) is 0.263. The summed E-state index contributed by atoms with van der Waals surface area (Å²) >= 11 is 8.61. The molecule has 0 saturated heterocycles. The van der Waals surface area contributed by atoms with Gasteiger partial charge in [0.1, 0.15) is 11.5 Å². The Bertz CT molecular complexity index is 766. The summed E-state index contributed by atoms with van der Waals surface area (Å²) < 4.78 is 11.8. The third kappa shape index (κ3) is 6.00. The van der Waals surface area contributed by atoms with Crippen LogP contribution < -0.4 is 20.1 Å². The van der Waals surface area contributed by atoms with Crippen molar-refractivity contribution in [3.63, 3.8) is 0 Å². The van der Waals surface area contributed by atoms with Crippen LogP contribution in [0.15, 0.2) is 46.9 Å². The molecule has 0 spiro atoms. The first kappa shape index (κ1) is 20.2. The van der Waals surface area contributed by atoms with E-state index in [2.05, 4.69) is 26.6 Å². The molecule has 0 radical (unpaired) electrons. The van der Waals surface area contributed by atoms with Gasteiger partial charge in [0.15, 0.2) is 5.11 Å². The lowest BCUT2D eigenvalue weighted by Gasteiger charge is -2.13. The molecular formula is C19H21BrN2O3S. The normalized spacial score (nSPS) is 10.1. The van der Waals surface area contributed by atoms with Crippen molar-refractivity contribution in [1.82, 2.24) is 5.32 Å². The highest BCUT2D eigenvalue weighted by atomic mass is 79.9. The molecule has 138 valence electrons. The van der Waals surface area contributed by atoms with Gasteiger partial charge in [-0.15, -0.1) is 0 Å². The topological polar surface area (TPSA) is 59.6 Å². The second kappa shape index (κ2) is 10.1. The monoisotopic (exact) mass is 436 g/mol. The van der Waals surface area contributed by atoms with Crippen molar-refractivity contribution in [2.75, 3.05) is 18.5 Å². The van der Waals surface area contributed by atoms with E-state index < -0.39 is 0 Å². The van der Waals surface area contributed by atoms with E-state index in [4.69, 9.17) is 21.7 Å². The van der Waals surface area contributed by atoms with E-state index in [1.54, 1.807) is 12.1 Å². The van der Waals surface area contributed by atoms with Crippen molar-refractivity contribution in [3.05, 3.63) is 52.5 Å². The van der Waals surface area contributed by atoms with E-state index in [0.29, 0.717) is 24.5 Å². The Hall–Kier alpha value is -2.12. The van der Waals surface area contributed by atoms with E-state index in [9.17, 15) is 4.79 Å². The summed E-state index contributed by atoms with van der Waals surface area (Å²) in [6.07, 6.45) is 0.856. The zero-order valence-corrected chi connectivity index (χ0v) is 17.1. The minimum atomic E-state index is -0.333. The third-order valence-electron chi connectivity index (χ3n) is 3.30. The van der Waals surface area contributed by atoms with Crippen LogP contribution in [-0.2, 0) is 0 Å². The fourth-order valence-electron chi connectivity index (χ4n) is 2.15. The Labute approximate surface area is 167 Å². The first-order chi connectivity index (χ1) is 12.5. The van der Waals surface area contributed by atoms with Crippen molar-refractivity contribution in [3.8, 4) is 11.5 Å². The molecule has 0 heterocycles. The van der Waals surface area contributed by atoms with E-state index in [0.717, 1.165) is 22.3 Å². The number of hydrogen-bond acceptors (Lipinski definition) is 4. The number of hydrogen-bond donors (Lipinski definition) is 2. The Balaban J connectivity index is 2.02. The molecular weight excluding hydrogens is 416 g/mol. The molecule has 0 fully saturated rings. The van der Waals surface area contributed by atoms with Crippen molar-refractivity contribution in [2.45, 2.75) is 20.3 Å². The quantitative estimate of drug-likeness (QED) is 0.612. The van der Waals surface area contributed by atoms with Crippen molar-refractivity contribution < 1.29 is 14.3 Å². The zero-order chi connectivity index (χ0) is 18.9. The van der Waals surface area contributed by atoms with Gasteiger partial charge >= 0.3 is 0 Å². The molecule has 0 bridgehead atoms. The molecule has 0 saturated carbocycles. The van der Waals surface area contributed by atoms with Gasteiger partial charge in [-0.2, -0.15) is 0 Å². The summed E-state index contributed by atoms with van der Waals surface area (Å²) in [6.45, 7) is 5.08. The van der Waals surface area contributed by atoms with Gasteiger partial charge in [0.2, 0.25) is 0 Å². The smallest absolute Gasteiger partial charge is 0.261 e. The van der Waals surface area contributed by atoms with Crippen LogP contribution in [0.4, 0.5) is 5.69 Å². The van der Waals surface area contributed by atoms with Crippen molar-refractivity contribution in [1.29, 1.82) is 0 Å². The van der Waals surface area contributed by atoms with Gasteiger partial charge in [-0.05, 0) is 68.0 Å². The Kier molecular flexibility index (Phi) is 7.87. The highest BCUT2D eigenvalue weighted by molar-refractivity contribution is 9.10. The van der Waals surface area contributed by atoms with Crippen LogP contribution in [0.5, 0.6) is 11.5 Å². The molecule has 0 unspecified atom stereocenters. The lowest BCUT2D eigenvalue weighted by atomic mass is 10.2. The van der Waals surface area contributed by atoms with Gasteiger partial charge in [-0.3, -0.25) is 10.1 Å². The maximum absolute atomic E-state index is 12.6. The SMILES string of the molecule is CCCOc1ccc(Br)cc1C(=O)NC(=S)Nc1ccc(OCC)cc1. The molecule has 2 N–H and O–H groups in total. The van der Waals surface area contributed by atoms with Crippen LogP contribution in [0.2, 0.25) is 0 Å². The number of halogens is 1. The molecule has 0 aliphatic heterocycles. The minimum Gasteiger partial charge on any atom is -0.494 e. The van der Waals surface area contributed by atoms with Gasteiger partial charge in [-0.25, -0.2) is 0 Å². The van der Waals surface area contributed by atoms with Gasteiger partial charge in [0.25, 0.3) is 5.91 Å². The first-order valence-electron chi connectivity index (χ1n) is 8.31. The molecule has 1 amide bonds. The number of carbonyl (C=O) groups excluding carboxylic acids is 1. The van der Waals surface area contributed by atoms with Gasteiger partial charge in [0, 0.05) is 10.2 Å². The number of rotatable bonds is 7. The van der Waals surface area contributed by atoms with Crippen LogP contribution in [0.3, 0.4) is 0 Å². The number of benzene rings is 2. The highest BCUT2D eigenvalue weighted by Crippen LogP contribution is 2.23. The van der Waals surface area contributed by atoms with Crippen molar-refractivity contribution >= 4 is 44.9 Å². The lowest BCUT2D eigenvalue weighted by Crippen LogP contribution is -2.34. The molecule has 2 aromatic carbocycles. The second-order valence-corrected chi connectivity index (χ2v) is 6.68. The summed E-state index contributed by atoms with van der Waals surface area (Å²) in [5.41, 5.74) is 1.18. The molecule has 2 aromatic rings. The largest absolute Gasteiger partial charge is 0.494 e. The molecule has 0 aromatic heterocycles. The Morgan fingerprint density at radius 1 is 1.12 bits per heavy atom. The number of thiocarbonyl (C=S) groups is 1. The lowest BCUT2D eigenvalue weighted by molar-refractivity contribution is 0.0973. The number of anilines is 1. The van der Waals surface area contributed by atoms with E-state index in [1.165, 1.54) is 0 Å². The predicted molar refractivity (Wildman–Crippen MR) is 111 cm³/mol. The molecule has 7 heteroatoms. The summed E-state index contributed by atoms with van der Waals surface area (Å²) in [7, 11) is 0. The van der Waals surface area contributed by atoms with E-state index in [1.807, 2.05) is 44.2 Å². The standard InChI is InChI=1S/C19H21BrN2O3S/c1-3-11-25-17-10-5-13(20)12-16(17)18(23)22-19(26)21-14-6-8-15(9-7-14)24-4-2/h5-10,12H,3-4,11H2,1-2H3,(H2,21,22,23,26). The Morgan fingerprint density at radius 2 is 1.85 bits per heavy atom. The highest BCUT2D eigenvalue weighted by Gasteiger charge is 2.15. The van der Waals surface area contributed by atoms with Crippen LogP contribution in [0.25, 0.3) is 0 Å². The average molecular weight is 437 g/mol. The number of amides is 1. The maximum atomic E-state index is 12.6. The number of carbonyl (C=O) groups is 1. The summed E-state index contributed by atoms with van der Waals surface area (Å²) in [6, 6.07) is 12.6. The minimum absolute atomic E-state index is 0.209. The first-order valence-corrected chi connectivity index (χ1v) is 9.51. The van der Waals surface area contributed by atoms with Crippen LogP contribution in [0.1, 0.15) is 30.6 Å². The van der Waals surface area contributed by atoms with Gasteiger partial charge < -0.3 is 14.8 Å². The second-order valence-electron chi connectivity index (χ2n) is 5.35. The number of nitrogens with one attached hydrogen (secondary N) is 2. The molecule has 26 heavy (non-hydrogen) atoms. The van der Waals surface area contributed by atoms with Crippen LogP contribution >= 0.6 is 28.1 Å². The number of ether oxygens (including phenoxy) is 2. The molecule has 0 aliphatic carbocycles. The van der Waals surface area contributed by atoms with E-state index in [-0.39, 0.29) is 11.0 Å². The van der Waals surface area contributed by atoms with Gasteiger partial charge in [-0.1, -0.05) is 22.9 Å². The molecule has 0 atom stereocenters. The summed E-state index contributed by atoms with van der Waals surface area (Å²) in [5.74, 6) is 0.970.